The molecule has 3 rings (SSSR count). The highest BCUT2D eigenvalue weighted by molar-refractivity contribution is 6.22. The monoisotopic (exact) mass is 272 g/mol. The van der Waals surface area contributed by atoms with Crippen LogP contribution in [0.4, 0.5) is 5.69 Å². The van der Waals surface area contributed by atoms with E-state index in [4.69, 9.17) is 0 Å². The summed E-state index contributed by atoms with van der Waals surface area (Å²) in [6.07, 6.45) is 3.98. The van der Waals surface area contributed by atoms with E-state index in [1.54, 1.807) is 12.1 Å². The molecule has 1 aliphatic heterocycles. The molecule has 1 heterocycles. The molecule has 4 nitrogen and oxygen atoms in total. The van der Waals surface area contributed by atoms with Crippen molar-refractivity contribution in [2.45, 2.75) is 44.7 Å². The van der Waals surface area contributed by atoms with E-state index in [1.807, 2.05) is 18.2 Å². The van der Waals surface area contributed by atoms with Gasteiger partial charge in [-0.1, -0.05) is 31.0 Å². The summed E-state index contributed by atoms with van der Waals surface area (Å²) in [4.78, 5) is 25.8. The normalized spacial score (nSPS) is 24.2. The predicted octanol–water partition coefficient (Wildman–Crippen LogP) is 2.10. The number of carbonyl (C=O) groups excluding carboxylic acids is 2. The lowest BCUT2D eigenvalue weighted by atomic mass is 10.1. The SMILES string of the molecule is CC(CC1CC1)NC1CC(=O)N(c2ccccc2)C1=O. The summed E-state index contributed by atoms with van der Waals surface area (Å²) in [6.45, 7) is 2.10. The summed E-state index contributed by atoms with van der Waals surface area (Å²) in [6, 6.07) is 9.08. The Morgan fingerprint density at radius 2 is 1.95 bits per heavy atom. The molecule has 1 aromatic carbocycles. The topological polar surface area (TPSA) is 49.4 Å². The van der Waals surface area contributed by atoms with Gasteiger partial charge in [-0.2, -0.15) is 0 Å². The fourth-order valence-corrected chi connectivity index (χ4v) is 2.88. The number of carbonyl (C=O) groups is 2. The van der Waals surface area contributed by atoms with Gasteiger partial charge in [0.15, 0.2) is 0 Å². The van der Waals surface area contributed by atoms with Gasteiger partial charge in [-0.25, -0.2) is 4.90 Å². The van der Waals surface area contributed by atoms with Crippen molar-refractivity contribution >= 4 is 17.5 Å². The van der Waals surface area contributed by atoms with Gasteiger partial charge in [0, 0.05) is 6.04 Å². The Morgan fingerprint density at radius 3 is 2.60 bits per heavy atom. The van der Waals surface area contributed by atoms with E-state index in [9.17, 15) is 9.59 Å². The van der Waals surface area contributed by atoms with Crippen molar-refractivity contribution in [2.24, 2.45) is 5.92 Å². The highest BCUT2D eigenvalue weighted by atomic mass is 16.2. The quantitative estimate of drug-likeness (QED) is 0.835. The number of amides is 2. The minimum absolute atomic E-state index is 0.114. The van der Waals surface area contributed by atoms with Crippen LogP contribution in [0.1, 0.15) is 32.6 Å². The van der Waals surface area contributed by atoms with E-state index in [2.05, 4.69) is 12.2 Å². The minimum atomic E-state index is -0.364. The molecule has 1 N–H and O–H groups in total. The summed E-state index contributed by atoms with van der Waals surface area (Å²) < 4.78 is 0. The number of nitrogens with one attached hydrogen (secondary N) is 1. The average molecular weight is 272 g/mol. The van der Waals surface area contributed by atoms with Crippen LogP contribution in [0.3, 0.4) is 0 Å². The van der Waals surface area contributed by atoms with E-state index >= 15 is 0 Å². The molecule has 1 aliphatic carbocycles. The number of nitrogens with zero attached hydrogens (tertiary/aromatic N) is 1. The molecule has 2 atom stereocenters. The highest BCUT2D eigenvalue weighted by Gasteiger charge is 2.40. The molecule has 1 saturated carbocycles. The molecule has 0 radical (unpaired) electrons. The lowest BCUT2D eigenvalue weighted by Gasteiger charge is -2.19. The first-order valence-corrected chi connectivity index (χ1v) is 7.33. The van der Waals surface area contributed by atoms with Gasteiger partial charge in [0.25, 0.3) is 5.91 Å². The number of hydrogen-bond acceptors (Lipinski definition) is 3. The van der Waals surface area contributed by atoms with Crippen molar-refractivity contribution in [1.29, 1.82) is 0 Å². The zero-order valence-electron chi connectivity index (χ0n) is 11.7. The third-order valence-corrected chi connectivity index (χ3v) is 4.03. The summed E-state index contributed by atoms with van der Waals surface area (Å²) >= 11 is 0. The van der Waals surface area contributed by atoms with Crippen LogP contribution in [-0.4, -0.2) is 23.9 Å². The molecular weight excluding hydrogens is 252 g/mol. The van der Waals surface area contributed by atoms with Crippen molar-refractivity contribution in [3.8, 4) is 0 Å². The smallest absolute Gasteiger partial charge is 0.251 e. The van der Waals surface area contributed by atoms with Crippen molar-refractivity contribution in [3.05, 3.63) is 30.3 Å². The number of para-hydroxylation sites is 1. The van der Waals surface area contributed by atoms with E-state index in [0.717, 1.165) is 12.3 Å². The van der Waals surface area contributed by atoms with Crippen molar-refractivity contribution in [3.63, 3.8) is 0 Å². The second-order valence-electron chi connectivity index (χ2n) is 5.91. The fourth-order valence-electron chi connectivity index (χ4n) is 2.88. The molecule has 4 heteroatoms. The Labute approximate surface area is 119 Å². The molecule has 2 aliphatic rings. The van der Waals surface area contributed by atoms with Crippen molar-refractivity contribution < 1.29 is 9.59 Å². The van der Waals surface area contributed by atoms with E-state index in [0.29, 0.717) is 11.7 Å². The first kappa shape index (κ1) is 13.3. The summed E-state index contributed by atoms with van der Waals surface area (Å²) in [5.74, 6) is 0.580. The molecule has 1 saturated heterocycles. The van der Waals surface area contributed by atoms with Gasteiger partial charge in [-0.05, 0) is 31.4 Å². The third kappa shape index (κ3) is 2.75. The summed E-state index contributed by atoms with van der Waals surface area (Å²) in [7, 11) is 0. The highest BCUT2D eigenvalue weighted by Crippen LogP contribution is 2.33. The van der Waals surface area contributed by atoms with Crippen LogP contribution < -0.4 is 10.2 Å². The first-order chi connectivity index (χ1) is 9.65. The Hall–Kier alpha value is -1.68. The number of imide groups is 1. The Balaban J connectivity index is 1.66. The van der Waals surface area contributed by atoms with Crippen LogP contribution in [0.5, 0.6) is 0 Å². The number of hydrogen-bond donors (Lipinski definition) is 1. The van der Waals surface area contributed by atoms with Gasteiger partial charge in [-0.3, -0.25) is 9.59 Å². The molecule has 0 aromatic heterocycles. The van der Waals surface area contributed by atoms with E-state index in [1.165, 1.54) is 17.7 Å². The summed E-state index contributed by atoms with van der Waals surface area (Å²) in [5, 5.41) is 3.32. The average Bonchev–Trinajstić information content (AvgIpc) is 3.18. The van der Waals surface area contributed by atoms with E-state index in [-0.39, 0.29) is 24.3 Å². The largest absolute Gasteiger partial charge is 0.303 e. The van der Waals surface area contributed by atoms with Crippen molar-refractivity contribution in [2.75, 3.05) is 4.90 Å². The van der Waals surface area contributed by atoms with Gasteiger partial charge in [0.05, 0.1) is 18.2 Å². The van der Waals surface area contributed by atoms with Gasteiger partial charge in [0.1, 0.15) is 0 Å². The summed E-state index contributed by atoms with van der Waals surface area (Å²) in [5.41, 5.74) is 0.668. The van der Waals surface area contributed by atoms with Gasteiger partial charge in [0.2, 0.25) is 5.91 Å². The Bertz CT molecular complexity index is 510. The van der Waals surface area contributed by atoms with Gasteiger partial charge >= 0.3 is 0 Å². The standard InChI is InChI=1S/C16H20N2O2/c1-11(9-12-7-8-12)17-14-10-15(19)18(16(14)20)13-5-3-2-4-6-13/h2-6,11-12,14,17H,7-10H2,1H3. The Morgan fingerprint density at radius 1 is 1.25 bits per heavy atom. The predicted molar refractivity (Wildman–Crippen MR) is 77.3 cm³/mol. The number of benzene rings is 1. The number of rotatable bonds is 5. The number of anilines is 1. The zero-order chi connectivity index (χ0) is 14.1. The van der Waals surface area contributed by atoms with Crippen LogP contribution >= 0.6 is 0 Å². The van der Waals surface area contributed by atoms with Crippen LogP contribution in [-0.2, 0) is 9.59 Å². The molecule has 2 unspecified atom stereocenters. The third-order valence-electron chi connectivity index (χ3n) is 4.03. The molecule has 0 spiro atoms. The maximum atomic E-state index is 12.4. The Kier molecular flexibility index (Phi) is 3.57. The van der Waals surface area contributed by atoms with Crippen LogP contribution in [0.15, 0.2) is 30.3 Å². The second-order valence-corrected chi connectivity index (χ2v) is 5.91. The lowest BCUT2D eigenvalue weighted by Crippen LogP contribution is -2.43. The molecule has 106 valence electrons. The second kappa shape index (κ2) is 5.37. The van der Waals surface area contributed by atoms with Crippen molar-refractivity contribution in [1.82, 2.24) is 5.32 Å². The molecule has 20 heavy (non-hydrogen) atoms. The fraction of sp³-hybridized carbons (Fsp3) is 0.500. The molecule has 1 aromatic rings. The molecule has 0 bridgehead atoms. The molecule has 2 fully saturated rings. The first-order valence-electron chi connectivity index (χ1n) is 7.33. The zero-order valence-corrected chi connectivity index (χ0v) is 11.7. The molecular formula is C16H20N2O2. The van der Waals surface area contributed by atoms with Crippen LogP contribution in [0, 0.1) is 5.92 Å². The van der Waals surface area contributed by atoms with Gasteiger partial charge in [-0.15, -0.1) is 0 Å². The minimum Gasteiger partial charge on any atom is -0.303 e. The van der Waals surface area contributed by atoms with Crippen LogP contribution in [0.25, 0.3) is 0 Å². The van der Waals surface area contributed by atoms with E-state index < -0.39 is 0 Å². The maximum absolute atomic E-state index is 12.4. The van der Waals surface area contributed by atoms with Gasteiger partial charge < -0.3 is 5.32 Å². The maximum Gasteiger partial charge on any atom is 0.251 e. The lowest BCUT2D eigenvalue weighted by molar-refractivity contribution is -0.121. The molecule has 2 amide bonds. The van der Waals surface area contributed by atoms with Crippen LogP contribution in [0.2, 0.25) is 0 Å².